The molecule has 2 fully saturated rings. The third kappa shape index (κ3) is 18.5. The van der Waals surface area contributed by atoms with Gasteiger partial charge in [0.05, 0.1) is 0 Å². The zero-order valence-corrected chi connectivity index (χ0v) is 51.8. The fourth-order valence-corrected chi connectivity index (χ4v) is 10.1. The van der Waals surface area contributed by atoms with Crippen molar-refractivity contribution in [2.24, 2.45) is 10.8 Å². The second-order valence-corrected chi connectivity index (χ2v) is 26.4. The molecule has 0 aromatic heterocycles. The number of nitrogens with one attached hydrogen (secondary N) is 2. The van der Waals surface area contributed by atoms with E-state index in [1.807, 2.05) is 102 Å². The second kappa shape index (κ2) is 27.9. The Morgan fingerprint density at radius 3 is 1.12 bits per heavy atom. The Balaban J connectivity index is 1.37. The molecule has 6 atom stereocenters. The number of hydrogen-bond donors (Lipinski definition) is 2. The van der Waals surface area contributed by atoms with Crippen LogP contribution in [0.5, 0.6) is 0 Å². The molecule has 2 heterocycles. The number of likely N-dealkylation sites (N-methyl/N-ethyl adjacent to an activating group) is 2. The number of carbonyl (C=O) groups is 8. The van der Waals surface area contributed by atoms with Crippen LogP contribution in [0.25, 0.3) is 0 Å². The van der Waals surface area contributed by atoms with Crippen molar-refractivity contribution in [3.05, 3.63) is 107 Å². The first-order chi connectivity index (χ1) is 38.2. The predicted octanol–water partition coefficient (Wildman–Crippen LogP) is 8.61. The van der Waals surface area contributed by atoms with Gasteiger partial charge in [-0.05, 0) is 140 Å². The van der Waals surface area contributed by atoms with E-state index >= 15 is 0 Å². The topological polar surface area (TPSA) is 199 Å². The zero-order chi connectivity index (χ0) is 61.1. The minimum atomic E-state index is -0.943. The average molecular weight is 1140 g/mol. The maximum atomic E-state index is 14.8. The van der Waals surface area contributed by atoms with E-state index in [-0.39, 0.29) is 48.8 Å². The number of benzene rings is 3. The molecule has 18 nitrogen and oxygen atoms in total. The van der Waals surface area contributed by atoms with Crippen LogP contribution < -0.4 is 10.6 Å². The van der Waals surface area contributed by atoms with Crippen LogP contribution in [0.2, 0.25) is 0 Å². The van der Waals surface area contributed by atoms with E-state index in [0.29, 0.717) is 75.8 Å². The number of amides is 8. The summed E-state index contributed by atoms with van der Waals surface area (Å²) in [5, 5.41) is 5.92. The maximum Gasteiger partial charge on any atom is 0.410 e. The van der Waals surface area contributed by atoms with Crippen molar-refractivity contribution in [3.8, 4) is 0 Å². The highest BCUT2D eigenvalue weighted by atomic mass is 16.6. The molecule has 0 unspecified atom stereocenters. The van der Waals surface area contributed by atoms with E-state index in [0.717, 1.165) is 11.1 Å². The molecule has 3 aromatic carbocycles. The van der Waals surface area contributed by atoms with Gasteiger partial charge < -0.3 is 39.7 Å². The Kier molecular flexibility index (Phi) is 22.4. The Labute approximate surface area is 487 Å². The van der Waals surface area contributed by atoms with Crippen LogP contribution in [-0.4, -0.2) is 178 Å². The first-order valence-electron chi connectivity index (χ1n) is 29.1. The summed E-state index contributed by atoms with van der Waals surface area (Å²) in [5.74, 6) is -2.07. The standard InChI is InChI=1S/C64H94N8O10/c1-43(67(15)59(79)81-63(9,10)11)53(73)65-51(61(3,4)5)57(77)71-37-23-29-49(71)41-69(39-35-45-25-19-17-20-26-45)55(75)47-31-33-48(34-32-47)56(76)70(40-36-46-27-21-18-22-28-46)42-50-30-24-38-72(50)58(78)52(62(6,7)8)66-54(74)44(2)68(16)60(80)82-64(12,13)14/h17-22,25-28,31-34,43-44,49-52H,23-24,29-30,35-42H2,1-16H3,(H,65,73)(H,66,74)/t43-,44-,49-,50-,51+,52+/m0/s1. The average Bonchev–Trinajstić information content (AvgIpc) is 4.15. The largest absolute Gasteiger partial charge is 0.444 e. The van der Waals surface area contributed by atoms with Gasteiger partial charge in [0, 0.05) is 76.6 Å². The van der Waals surface area contributed by atoms with E-state index in [4.69, 9.17) is 9.47 Å². The van der Waals surface area contributed by atoms with E-state index in [2.05, 4.69) is 10.6 Å². The van der Waals surface area contributed by atoms with Gasteiger partial charge in [-0.1, -0.05) is 102 Å². The van der Waals surface area contributed by atoms with Gasteiger partial charge in [0.15, 0.2) is 0 Å². The lowest BCUT2D eigenvalue weighted by atomic mass is 9.85. The van der Waals surface area contributed by atoms with Crippen LogP contribution >= 0.6 is 0 Å². The molecule has 2 N–H and O–H groups in total. The monoisotopic (exact) mass is 1130 g/mol. The highest BCUT2D eigenvalue weighted by Gasteiger charge is 2.44. The molecule has 5 rings (SSSR count). The van der Waals surface area contributed by atoms with Crippen LogP contribution in [0.1, 0.15) is 154 Å². The zero-order valence-electron chi connectivity index (χ0n) is 51.8. The lowest BCUT2D eigenvalue weighted by Crippen LogP contribution is -2.59. The summed E-state index contributed by atoms with van der Waals surface area (Å²) in [4.78, 5) is 122. The molecular weight excluding hydrogens is 1040 g/mol. The summed E-state index contributed by atoms with van der Waals surface area (Å²) in [7, 11) is 2.98. The summed E-state index contributed by atoms with van der Waals surface area (Å²) in [6.07, 6.45) is 2.46. The highest BCUT2D eigenvalue weighted by Crippen LogP contribution is 2.30. The molecule has 8 amide bonds. The number of carbonyl (C=O) groups excluding carboxylic acids is 8. The maximum absolute atomic E-state index is 14.8. The van der Waals surface area contributed by atoms with Crippen molar-refractivity contribution < 1.29 is 47.8 Å². The molecule has 0 saturated carbocycles. The van der Waals surface area contributed by atoms with Gasteiger partial charge >= 0.3 is 12.2 Å². The smallest absolute Gasteiger partial charge is 0.410 e. The van der Waals surface area contributed by atoms with Gasteiger partial charge in [0.1, 0.15) is 35.4 Å². The summed E-state index contributed by atoms with van der Waals surface area (Å²) in [6, 6.07) is 21.9. The Bertz CT molecular complexity index is 2490. The van der Waals surface area contributed by atoms with Gasteiger partial charge in [0.25, 0.3) is 11.8 Å². The fraction of sp³-hybridized carbons (Fsp3) is 0.594. The summed E-state index contributed by atoms with van der Waals surface area (Å²) >= 11 is 0. The van der Waals surface area contributed by atoms with Crippen molar-refractivity contribution in [3.63, 3.8) is 0 Å². The third-order valence-electron chi connectivity index (χ3n) is 15.2. The summed E-state index contributed by atoms with van der Waals surface area (Å²) in [5.41, 5.74) is -0.144. The molecule has 2 saturated heterocycles. The van der Waals surface area contributed by atoms with Crippen molar-refractivity contribution in [1.29, 1.82) is 0 Å². The van der Waals surface area contributed by atoms with Gasteiger partial charge in [-0.15, -0.1) is 0 Å². The van der Waals surface area contributed by atoms with Gasteiger partial charge in [-0.3, -0.25) is 38.6 Å². The summed E-state index contributed by atoms with van der Waals surface area (Å²) in [6.45, 7) is 27.0. The quantitative estimate of drug-likeness (QED) is 0.110. The third-order valence-corrected chi connectivity index (χ3v) is 15.2. The van der Waals surface area contributed by atoms with E-state index < -0.39 is 70.2 Å². The van der Waals surface area contributed by atoms with Gasteiger partial charge in [-0.2, -0.15) is 0 Å². The molecular formula is C64H94N8O10. The molecule has 18 heteroatoms. The number of rotatable bonds is 20. The lowest BCUT2D eigenvalue weighted by Gasteiger charge is -2.38. The molecule has 0 bridgehead atoms. The van der Waals surface area contributed by atoms with E-state index in [1.165, 1.54) is 23.9 Å². The molecule has 0 radical (unpaired) electrons. The molecule has 3 aromatic rings. The van der Waals surface area contributed by atoms with Gasteiger partial charge in [-0.25, -0.2) is 9.59 Å². The Morgan fingerprint density at radius 1 is 0.512 bits per heavy atom. The number of ether oxygens (including phenoxy) is 2. The first kappa shape index (κ1) is 65.8. The lowest BCUT2D eigenvalue weighted by molar-refractivity contribution is -0.141. The van der Waals surface area contributed by atoms with Crippen molar-refractivity contribution in [2.75, 3.05) is 53.4 Å². The minimum Gasteiger partial charge on any atom is -0.444 e. The molecule has 2 aliphatic rings. The van der Waals surface area contributed by atoms with Crippen molar-refractivity contribution >= 4 is 47.6 Å². The molecule has 2 aliphatic heterocycles. The first-order valence-corrected chi connectivity index (χ1v) is 29.1. The minimum absolute atomic E-state index is 0.229. The van der Waals surface area contributed by atoms with Crippen LogP contribution in [0, 0.1) is 10.8 Å². The Morgan fingerprint density at radius 2 is 0.829 bits per heavy atom. The second-order valence-electron chi connectivity index (χ2n) is 26.4. The van der Waals surface area contributed by atoms with Gasteiger partial charge in [0.2, 0.25) is 23.6 Å². The highest BCUT2D eigenvalue weighted by molar-refractivity contribution is 5.98. The normalized spacial score (nSPS) is 17.2. The van der Waals surface area contributed by atoms with Crippen LogP contribution in [0.4, 0.5) is 9.59 Å². The van der Waals surface area contributed by atoms with Crippen LogP contribution in [0.15, 0.2) is 84.9 Å². The number of hydrogen-bond acceptors (Lipinski definition) is 10. The van der Waals surface area contributed by atoms with Crippen molar-refractivity contribution in [1.82, 2.24) is 40.0 Å². The predicted molar refractivity (Wildman–Crippen MR) is 318 cm³/mol. The molecule has 450 valence electrons. The van der Waals surface area contributed by atoms with E-state index in [1.54, 1.807) is 99.3 Å². The SMILES string of the molecule is C[C@@H](C(=O)N[C@H](C(=O)N1CCC[C@H]1CN(CCc1ccccc1)C(=O)c1ccc(C(=O)N(CCc2ccccc2)C[C@@H]2CCCN2C(=O)[C@@H](NC(=O)[C@H](C)N(C)C(=O)OC(C)(C)C)C(C)(C)C)cc1)C(C)(C)C)N(C)C(=O)OC(C)(C)C. The molecule has 0 aliphatic carbocycles. The van der Waals surface area contributed by atoms with Crippen LogP contribution in [-0.2, 0) is 41.5 Å². The Hall–Kier alpha value is -6.98. The number of likely N-dealkylation sites (tertiary alicyclic amines) is 2. The molecule has 82 heavy (non-hydrogen) atoms. The number of nitrogens with zero attached hydrogens (tertiary/aromatic N) is 6. The molecule has 0 spiro atoms. The van der Waals surface area contributed by atoms with Crippen LogP contribution in [0.3, 0.4) is 0 Å². The van der Waals surface area contributed by atoms with E-state index in [9.17, 15) is 38.4 Å². The van der Waals surface area contributed by atoms with Crippen molar-refractivity contribution in [2.45, 2.75) is 183 Å². The fourth-order valence-electron chi connectivity index (χ4n) is 10.1. The summed E-state index contributed by atoms with van der Waals surface area (Å²) < 4.78 is 11.0.